The van der Waals surface area contributed by atoms with Gasteiger partial charge in [-0.3, -0.25) is 0 Å². The second-order valence-corrected chi connectivity index (χ2v) is 4.20. The molecule has 8 heteroatoms. The van der Waals surface area contributed by atoms with Gasteiger partial charge in [-0.25, -0.2) is 0 Å². The molecule has 0 bridgehead atoms. The van der Waals surface area contributed by atoms with Crippen molar-refractivity contribution in [1.82, 2.24) is 0 Å². The van der Waals surface area contributed by atoms with Crippen molar-refractivity contribution in [2.45, 2.75) is 19.0 Å². The highest BCUT2D eigenvalue weighted by atomic mass is 19.4. The van der Waals surface area contributed by atoms with Gasteiger partial charge in [0.05, 0.1) is 12.2 Å². The topological polar surface area (TPSA) is 33.4 Å². The molecule has 114 valence electrons. The lowest BCUT2D eigenvalue weighted by atomic mass is 10.1. The fourth-order valence-electron chi connectivity index (χ4n) is 1.75. The average Bonchev–Trinajstić information content (AvgIpc) is 2.82. The molecular weight excluding hydrogens is 302 g/mol. The van der Waals surface area contributed by atoms with E-state index < -0.39 is 35.8 Å². The van der Waals surface area contributed by atoms with Crippen LogP contribution >= 0.6 is 0 Å². The average molecular weight is 310 g/mol. The maximum absolute atomic E-state index is 12.6. The highest BCUT2D eigenvalue weighted by Crippen LogP contribution is 2.38. The Morgan fingerprint density at radius 2 is 1.48 bits per heavy atom. The quantitative estimate of drug-likeness (QED) is 0.830. The van der Waals surface area contributed by atoms with Crippen molar-refractivity contribution in [3.05, 3.63) is 47.2 Å². The lowest BCUT2D eigenvalue weighted by molar-refractivity contribution is -0.153. The maximum atomic E-state index is 12.6. The van der Waals surface area contributed by atoms with E-state index >= 15 is 0 Å². The van der Waals surface area contributed by atoms with Gasteiger partial charge in [0.15, 0.2) is 0 Å². The Kier molecular flexibility index (Phi) is 3.75. The molecular formula is C13H8F6O2. The molecule has 2 aromatic rings. The predicted molar refractivity (Wildman–Crippen MR) is 60.1 cm³/mol. The summed E-state index contributed by atoms with van der Waals surface area (Å²) in [5.74, 6) is -1.63. The summed E-state index contributed by atoms with van der Waals surface area (Å²) in [6.45, 7) is -0.890. The molecule has 0 saturated heterocycles. The SMILES string of the molecule is OCc1cc(-c2ccc(C(F)(F)F)cc2)oc1C(F)(F)F. The van der Waals surface area contributed by atoms with Gasteiger partial charge in [-0.15, -0.1) is 0 Å². The van der Waals surface area contributed by atoms with Crippen LogP contribution in [0.2, 0.25) is 0 Å². The first-order valence-corrected chi connectivity index (χ1v) is 5.61. The Morgan fingerprint density at radius 3 is 1.86 bits per heavy atom. The summed E-state index contributed by atoms with van der Waals surface area (Å²) < 4.78 is 79.7. The zero-order valence-corrected chi connectivity index (χ0v) is 10.2. The van der Waals surface area contributed by atoms with Crippen molar-refractivity contribution in [3.8, 4) is 11.3 Å². The van der Waals surface area contributed by atoms with Gasteiger partial charge in [-0.2, -0.15) is 26.3 Å². The van der Waals surface area contributed by atoms with Gasteiger partial charge < -0.3 is 9.52 Å². The molecule has 1 N–H and O–H groups in total. The fraction of sp³-hybridized carbons (Fsp3) is 0.231. The molecule has 0 saturated carbocycles. The molecule has 21 heavy (non-hydrogen) atoms. The number of alkyl halides is 6. The van der Waals surface area contributed by atoms with Crippen LogP contribution in [-0.2, 0) is 19.0 Å². The van der Waals surface area contributed by atoms with Crippen LogP contribution in [0.4, 0.5) is 26.3 Å². The second kappa shape index (κ2) is 5.10. The predicted octanol–water partition coefficient (Wildman–Crippen LogP) is 4.48. The number of rotatable bonds is 2. The smallest absolute Gasteiger partial charge is 0.449 e. The van der Waals surface area contributed by atoms with Crippen molar-refractivity contribution in [3.63, 3.8) is 0 Å². The molecule has 2 rings (SSSR count). The van der Waals surface area contributed by atoms with Crippen molar-refractivity contribution < 1.29 is 35.9 Å². The molecule has 2 nitrogen and oxygen atoms in total. The van der Waals surface area contributed by atoms with Crippen molar-refractivity contribution in [2.75, 3.05) is 0 Å². The van der Waals surface area contributed by atoms with Gasteiger partial charge in [0, 0.05) is 11.1 Å². The minimum Gasteiger partial charge on any atom is -0.451 e. The summed E-state index contributed by atoms with van der Waals surface area (Å²) in [5.41, 5.74) is -1.35. The second-order valence-electron chi connectivity index (χ2n) is 4.20. The first-order valence-electron chi connectivity index (χ1n) is 5.61. The normalized spacial score (nSPS) is 12.7. The minimum atomic E-state index is -4.79. The Bertz CT molecular complexity index is 622. The minimum absolute atomic E-state index is 0.0493. The van der Waals surface area contributed by atoms with Crippen LogP contribution in [0.3, 0.4) is 0 Å². The first-order chi connectivity index (χ1) is 9.63. The van der Waals surface area contributed by atoms with Gasteiger partial charge >= 0.3 is 12.4 Å². The van der Waals surface area contributed by atoms with Gasteiger partial charge in [0.2, 0.25) is 5.76 Å². The molecule has 0 amide bonds. The lowest BCUT2D eigenvalue weighted by Crippen LogP contribution is -2.06. The number of furan rings is 1. The molecule has 0 aliphatic rings. The van der Waals surface area contributed by atoms with E-state index in [2.05, 4.69) is 4.42 Å². The largest absolute Gasteiger partial charge is 0.451 e. The van der Waals surface area contributed by atoms with Crippen molar-refractivity contribution >= 4 is 0 Å². The zero-order valence-electron chi connectivity index (χ0n) is 10.2. The molecule has 0 aliphatic heterocycles. The highest BCUT2D eigenvalue weighted by Gasteiger charge is 2.38. The Balaban J connectivity index is 2.41. The molecule has 1 aromatic carbocycles. The molecule has 1 heterocycles. The monoisotopic (exact) mass is 310 g/mol. The standard InChI is InChI=1S/C13H8F6O2/c14-12(15,16)9-3-1-7(2-4-9)10-5-8(6-20)11(21-10)13(17,18)19/h1-5,20H,6H2. The molecule has 0 unspecified atom stereocenters. The maximum Gasteiger partial charge on any atom is 0.449 e. The van der Waals surface area contributed by atoms with E-state index in [1.165, 1.54) is 0 Å². The van der Waals surface area contributed by atoms with Gasteiger partial charge in [0.25, 0.3) is 0 Å². The molecule has 0 atom stereocenters. The van der Waals surface area contributed by atoms with Crippen molar-refractivity contribution in [2.24, 2.45) is 0 Å². The Labute approximate surface area is 114 Å². The summed E-state index contributed by atoms with van der Waals surface area (Å²) in [7, 11) is 0. The summed E-state index contributed by atoms with van der Waals surface area (Å²) >= 11 is 0. The number of aliphatic hydroxyl groups is 1. The van der Waals surface area contributed by atoms with Crippen LogP contribution in [0.1, 0.15) is 16.9 Å². The van der Waals surface area contributed by atoms with Crippen LogP contribution in [0.15, 0.2) is 34.7 Å². The lowest BCUT2D eigenvalue weighted by Gasteiger charge is -2.06. The summed E-state index contributed by atoms with van der Waals surface area (Å²) in [5, 5.41) is 8.88. The van der Waals surface area contributed by atoms with Gasteiger partial charge in [-0.1, -0.05) is 12.1 Å². The first kappa shape index (κ1) is 15.4. The van der Waals surface area contributed by atoms with Crippen LogP contribution < -0.4 is 0 Å². The summed E-state index contributed by atoms with van der Waals surface area (Å²) in [4.78, 5) is 0. The Hall–Kier alpha value is -1.96. The number of halogens is 6. The fourth-order valence-corrected chi connectivity index (χ4v) is 1.75. The van der Waals surface area contributed by atoms with E-state index in [0.717, 1.165) is 30.3 Å². The number of aliphatic hydroxyl groups excluding tert-OH is 1. The Morgan fingerprint density at radius 1 is 0.905 bits per heavy atom. The van der Waals surface area contributed by atoms with Crippen LogP contribution in [-0.4, -0.2) is 5.11 Å². The molecule has 0 fully saturated rings. The number of benzene rings is 1. The van der Waals surface area contributed by atoms with E-state index in [1.54, 1.807) is 0 Å². The molecule has 0 aliphatic carbocycles. The van der Waals surface area contributed by atoms with E-state index in [0.29, 0.717) is 0 Å². The third kappa shape index (κ3) is 3.21. The third-order valence-electron chi connectivity index (χ3n) is 2.73. The van der Waals surface area contributed by atoms with E-state index in [4.69, 9.17) is 5.11 Å². The van der Waals surface area contributed by atoms with Crippen molar-refractivity contribution in [1.29, 1.82) is 0 Å². The summed E-state index contributed by atoms with van der Waals surface area (Å²) in [6, 6.07) is 4.44. The zero-order chi connectivity index (χ0) is 15.8. The highest BCUT2D eigenvalue weighted by molar-refractivity contribution is 5.59. The number of hydrogen-bond donors (Lipinski definition) is 1. The van der Waals surface area contributed by atoms with Gasteiger partial charge in [0.1, 0.15) is 5.76 Å². The van der Waals surface area contributed by atoms with E-state index in [9.17, 15) is 26.3 Å². The van der Waals surface area contributed by atoms with Crippen LogP contribution in [0.25, 0.3) is 11.3 Å². The molecule has 1 aromatic heterocycles. The van der Waals surface area contributed by atoms with Gasteiger partial charge in [-0.05, 0) is 18.2 Å². The number of hydrogen-bond acceptors (Lipinski definition) is 2. The van der Waals surface area contributed by atoms with E-state index in [-0.39, 0.29) is 11.3 Å². The molecule has 0 radical (unpaired) electrons. The molecule has 0 spiro atoms. The van der Waals surface area contributed by atoms with Crippen LogP contribution in [0, 0.1) is 0 Å². The van der Waals surface area contributed by atoms with E-state index in [1.807, 2.05) is 0 Å². The van der Waals surface area contributed by atoms with Crippen LogP contribution in [0.5, 0.6) is 0 Å². The third-order valence-corrected chi connectivity index (χ3v) is 2.73. The summed E-state index contributed by atoms with van der Waals surface area (Å²) in [6.07, 6.45) is -9.32.